The van der Waals surface area contributed by atoms with E-state index in [2.05, 4.69) is 0 Å². The summed E-state index contributed by atoms with van der Waals surface area (Å²) in [5, 5.41) is 0. The Morgan fingerprint density at radius 2 is 1.26 bits per heavy atom. The number of benzene rings is 5. The van der Waals surface area contributed by atoms with Crippen molar-refractivity contribution in [1.82, 2.24) is 9.80 Å². The van der Waals surface area contributed by atoms with E-state index in [-0.39, 0.29) is 57.3 Å². The highest BCUT2D eigenvalue weighted by atomic mass is 16.6. The van der Waals surface area contributed by atoms with Gasteiger partial charge < -0.3 is 47.5 Å². The Balaban J connectivity index is 1.49. The lowest BCUT2D eigenvalue weighted by Gasteiger charge is -2.41. The van der Waals surface area contributed by atoms with E-state index in [4.69, 9.17) is 42.6 Å². The molecule has 6 rings (SSSR count). The molecule has 362 valence electrons. The Kier molecular flexibility index (Phi) is 17.0. The second-order valence-electron chi connectivity index (χ2n) is 17.5. The fourth-order valence-corrected chi connectivity index (χ4v) is 8.48. The summed E-state index contributed by atoms with van der Waals surface area (Å²) in [5.74, 6) is 1.62. The van der Waals surface area contributed by atoms with Gasteiger partial charge in [-0.25, -0.2) is 4.79 Å². The molecule has 0 spiro atoms. The second-order valence-corrected chi connectivity index (χ2v) is 17.5. The summed E-state index contributed by atoms with van der Waals surface area (Å²) in [4.78, 5) is 47.4. The average molecular weight is 933 g/mol. The van der Waals surface area contributed by atoms with Gasteiger partial charge in [-0.15, -0.1) is 0 Å². The first-order valence-corrected chi connectivity index (χ1v) is 22.4. The molecular weight excluding hydrogens is 869 g/mol. The molecule has 0 aliphatic carbocycles. The molecule has 0 saturated carbocycles. The van der Waals surface area contributed by atoms with E-state index < -0.39 is 35.5 Å². The van der Waals surface area contributed by atoms with E-state index >= 15 is 4.79 Å². The van der Waals surface area contributed by atoms with Crippen LogP contribution in [0.25, 0.3) is 0 Å². The van der Waals surface area contributed by atoms with Crippen LogP contribution in [0.5, 0.6) is 34.5 Å². The van der Waals surface area contributed by atoms with Crippen LogP contribution in [0.3, 0.4) is 0 Å². The van der Waals surface area contributed by atoms with Crippen molar-refractivity contribution in [3.8, 4) is 34.5 Å². The molecule has 2 atom stereocenters. The number of nitrogens with zero attached hydrogens (tertiary/aromatic N) is 2. The number of hydrogen-bond donors (Lipinski definition) is 0. The lowest BCUT2D eigenvalue weighted by atomic mass is 9.86. The van der Waals surface area contributed by atoms with Gasteiger partial charge in [-0.05, 0) is 74.6 Å². The lowest BCUT2D eigenvalue weighted by Crippen LogP contribution is -2.55. The molecule has 14 heteroatoms. The van der Waals surface area contributed by atoms with E-state index in [1.54, 1.807) is 41.9 Å². The van der Waals surface area contributed by atoms with Crippen molar-refractivity contribution in [2.45, 2.75) is 85.2 Å². The molecule has 1 heterocycles. The molecule has 1 aliphatic rings. The van der Waals surface area contributed by atoms with Crippen molar-refractivity contribution in [1.29, 1.82) is 0 Å². The number of aryl methyl sites for hydroxylation is 1. The van der Waals surface area contributed by atoms with Gasteiger partial charge in [-0.3, -0.25) is 14.5 Å². The topological polar surface area (TPSA) is 141 Å². The number of ether oxygens (including phenoxy) is 9. The number of hydrogen-bond acceptors (Lipinski definition) is 12. The first-order valence-electron chi connectivity index (χ1n) is 22.4. The summed E-state index contributed by atoms with van der Waals surface area (Å²) in [7, 11) is 9.19. The fourth-order valence-electron chi connectivity index (χ4n) is 8.48. The summed E-state index contributed by atoms with van der Waals surface area (Å²) in [6, 6.07) is 26.7. The SMILES string of the molecule is COc1ccc(COCc2c(CC(C(=O)N3CC(=O)c4c(OC)c(C)c(OC)c(OC)c4[C@@H]3COCc3ccccc3)N(C)C(=O)OC(C)(C)C)cc(C)c(OC)c2OCc2ccccc2)cc1. The number of rotatable bonds is 20. The molecule has 1 aliphatic heterocycles. The minimum Gasteiger partial charge on any atom is -0.497 e. The Bertz CT molecular complexity index is 2520. The predicted octanol–water partition coefficient (Wildman–Crippen LogP) is 9.40. The number of carbonyl (C=O) groups excluding carboxylic acids is 3. The van der Waals surface area contributed by atoms with Crippen molar-refractivity contribution in [2.75, 3.05) is 55.7 Å². The standard InChI is InChI=1S/C54H64N2O12/c1-34-26-39(41(32-65-30-38-22-24-40(60-7)25-23-38)50(47(34)61-8)67-31-37-20-16-13-17-21-37)27-42(55(6)53(59)68-54(3,4)5)52(58)56-28-44(57)46-45(43(56)33-66-29-36-18-14-12-15-19-36)51(64-11)49(63-10)35(2)48(46)62-9/h12-26,42-43H,27-33H2,1-11H3/t42?,43-/m0/s1. The molecule has 68 heavy (non-hydrogen) atoms. The number of likely N-dealkylation sites (N-methyl/N-ethyl adjacent to an activating group) is 1. The number of carbonyl (C=O) groups is 3. The van der Waals surface area contributed by atoms with Crippen LogP contribution in [0.4, 0.5) is 4.79 Å². The van der Waals surface area contributed by atoms with E-state index in [1.807, 2.05) is 97.9 Å². The molecule has 0 fully saturated rings. The van der Waals surface area contributed by atoms with E-state index in [1.165, 1.54) is 38.2 Å². The van der Waals surface area contributed by atoms with Crippen LogP contribution in [-0.4, -0.2) is 95.0 Å². The third-order valence-electron chi connectivity index (χ3n) is 11.8. The molecule has 0 bridgehead atoms. The zero-order valence-corrected chi connectivity index (χ0v) is 41.1. The largest absolute Gasteiger partial charge is 0.497 e. The van der Waals surface area contributed by atoms with Crippen LogP contribution in [-0.2, 0) is 51.9 Å². The normalized spacial score (nSPS) is 13.8. The van der Waals surface area contributed by atoms with Crippen LogP contribution in [0.1, 0.15) is 81.7 Å². The monoisotopic (exact) mass is 932 g/mol. The van der Waals surface area contributed by atoms with E-state index in [0.717, 1.165) is 28.0 Å². The van der Waals surface area contributed by atoms with Crippen LogP contribution in [0, 0.1) is 13.8 Å². The van der Waals surface area contributed by atoms with Crippen molar-refractivity contribution >= 4 is 17.8 Å². The van der Waals surface area contributed by atoms with Gasteiger partial charge in [0.2, 0.25) is 5.91 Å². The van der Waals surface area contributed by atoms with Gasteiger partial charge in [0.05, 0.1) is 80.1 Å². The van der Waals surface area contributed by atoms with Gasteiger partial charge in [0.25, 0.3) is 0 Å². The number of ketones is 1. The Labute approximate surface area is 399 Å². The Morgan fingerprint density at radius 3 is 1.84 bits per heavy atom. The summed E-state index contributed by atoms with van der Waals surface area (Å²) in [6.45, 7) is 9.23. The lowest BCUT2D eigenvalue weighted by molar-refractivity contribution is -0.140. The number of amides is 2. The van der Waals surface area contributed by atoms with Crippen LogP contribution in [0.15, 0.2) is 91.0 Å². The smallest absolute Gasteiger partial charge is 0.410 e. The minimum absolute atomic E-state index is 0.0425. The molecule has 0 saturated heterocycles. The predicted molar refractivity (Wildman–Crippen MR) is 257 cm³/mol. The maximum atomic E-state index is 15.8. The summed E-state index contributed by atoms with van der Waals surface area (Å²) in [5.41, 5.74) is 5.02. The molecule has 0 aromatic heterocycles. The summed E-state index contributed by atoms with van der Waals surface area (Å²) < 4.78 is 54.5. The molecule has 2 amide bonds. The molecule has 5 aromatic carbocycles. The average Bonchev–Trinajstić information content (AvgIpc) is 3.33. The van der Waals surface area contributed by atoms with Gasteiger partial charge in [-0.1, -0.05) is 78.9 Å². The van der Waals surface area contributed by atoms with E-state index in [0.29, 0.717) is 45.3 Å². The van der Waals surface area contributed by atoms with Gasteiger partial charge in [0.15, 0.2) is 28.8 Å². The highest BCUT2D eigenvalue weighted by Crippen LogP contribution is 2.50. The van der Waals surface area contributed by atoms with Gasteiger partial charge in [-0.2, -0.15) is 0 Å². The van der Waals surface area contributed by atoms with Gasteiger partial charge in [0, 0.05) is 30.2 Å². The zero-order valence-electron chi connectivity index (χ0n) is 41.1. The zero-order chi connectivity index (χ0) is 49.1. The quantitative estimate of drug-likeness (QED) is 0.0735. The molecule has 1 unspecified atom stereocenters. The summed E-state index contributed by atoms with van der Waals surface area (Å²) in [6.07, 6.45) is -0.786. The summed E-state index contributed by atoms with van der Waals surface area (Å²) >= 11 is 0. The third kappa shape index (κ3) is 11.7. The van der Waals surface area contributed by atoms with Gasteiger partial charge >= 0.3 is 6.09 Å². The Morgan fingerprint density at radius 1 is 0.691 bits per heavy atom. The highest BCUT2D eigenvalue weighted by Gasteiger charge is 2.45. The molecular formula is C54H64N2O12. The van der Waals surface area contributed by atoms with Crippen molar-refractivity contribution in [3.63, 3.8) is 0 Å². The van der Waals surface area contributed by atoms with Crippen molar-refractivity contribution in [3.05, 3.63) is 141 Å². The van der Waals surface area contributed by atoms with Gasteiger partial charge in [0.1, 0.15) is 29.7 Å². The van der Waals surface area contributed by atoms with Crippen molar-refractivity contribution in [2.24, 2.45) is 0 Å². The number of methoxy groups -OCH3 is 5. The first-order chi connectivity index (χ1) is 32.6. The minimum atomic E-state index is -1.24. The number of fused-ring (bicyclic) bond motifs is 1. The van der Waals surface area contributed by atoms with Crippen molar-refractivity contribution < 1.29 is 57.0 Å². The van der Waals surface area contributed by atoms with E-state index in [9.17, 15) is 9.59 Å². The van der Waals surface area contributed by atoms with Crippen LogP contribution in [0.2, 0.25) is 0 Å². The van der Waals surface area contributed by atoms with Crippen LogP contribution < -0.4 is 28.4 Å². The molecule has 0 radical (unpaired) electrons. The Hall–Kier alpha value is -6.77. The number of Topliss-reactive ketones (excluding diaryl/α,β-unsaturated/α-hetero) is 1. The van der Waals surface area contributed by atoms with Crippen LogP contribution >= 0.6 is 0 Å². The molecule has 5 aromatic rings. The second kappa shape index (κ2) is 22.8. The molecule has 14 nitrogen and oxygen atoms in total. The first kappa shape index (κ1) is 50.6. The maximum Gasteiger partial charge on any atom is 0.410 e. The third-order valence-corrected chi connectivity index (χ3v) is 11.8. The highest BCUT2D eigenvalue weighted by molar-refractivity contribution is 6.06. The fraction of sp³-hybridized carbons (Fsp3) is 0.389. The molecule has 0 N–H and O–H groups in total. The maximum absolute atomic E-state index is 15.8.